The number of carbonyl (C=O) groups is 1. The smallest absolute Gasteiger partial charge is 0.230 e. The highest BCUT2D eigenvalue weighted by atomic mass is 16.2. The van der Waals surface area contributed by atoms with Crippen molar-refractivity contribution in [3.05, 3.63) is 29.6 Å². The van der Waals surface area contributed by atoms with Crippen LogP contribution in [0.3, 0.4) is 0 Å². The van der Waals surface area contributed by atoms with Gasteiger partial charge >= 0.3 is 0 Å². The first-order valence-corrected chi connectivity index (χ1v) is 10.2. The molecule has 2 aromatic rings. The molecule has 1 fully saturated rings. The average molecular weight is 353 g/mol. The van der Waals surface area contributed by atoms with Gasteiger partial charge in [-0.2, -0.15) is 5.10 Å². The number of nitrogens with one attached hydrogen (secondary N) is 1. The molecule has 6 heteroatoms. The molecular formula is C20H27N5O. The van der Waals surface area contributed by atoms with Gasteiger partial charge in [0.15, 0.2) is 0 Å². The number of hydrogen-bond acceptors (Lipinski definition) is 3. The first-order chi connectivity index (χ1) is 12.8. The van der Waals surface area contributed by atoms with Gasteiger partial charge in [-0.1, -0.05) is 19.3 Å². The van der Waals surface area contributed by atoms with E-state index in [1.807, 2.05) is 11.1 Å². The number of aryl methyl sites for hydroxylation is 1. The second-order valence-electron chi connectivity index (χ2n) is 8.11. The number of aromatic nitrogens is 4. The molecule has 6 nitrogen and oxygen atoms in total. The van der Waals surface area contributed by atoms with Crippen LogP contribution >= 0.6 is 0 Å². The molecule has 0 saturated heterocycles. The van der Waals surface area contributed by atoms with Crippen LogP contribution in [0.1, 0.15) is 68.1 Å². The minimum Gasteiger partial charge on any atom is -0.332 e. The zero-order valence-corrected chi connectivity index (χ0v) is 15.3. The number of imidazole rings is 1. The van der Waals surface area contributed by atoms with E-state index in [9.17, 15) is 4.79 Å². The van der Waals surface area contributed by atoms with Crippen molar-refractivity contribution in [1.29, 1.82) is 0 Å². The summed E-state index contributed by atoms with van der Waals surface area (Å²) in [5, 5.41) is 7.18. The van der Waals surface area contributed by atoms with Gasteiger partial charge in [0, 0.05) is 43.2 Å². The number of fused-ring (bicyclic) bond motifs is 2. The molecule has 1 N–H and O–H groups in total. The van der Waals surface area contributed by atoms with E-state index in [4.69, 9.17) is 4.98 Å². The first kappa shape index (κ1) is 16.1. The van der Waals surface area contributed by atoms with E-state index in [2.05, 4.69) is 14.8 Å². The van der Waals surface area contributed by atoms with Crippen molar-refractivity contribution >= 4 is 11.6 Å². The Balaban J connectivity index is 1.34. The predicted molar refractivity (Wildman–Crippen MR) is 99.1 cm³/mol. The van der Waals surface area contributed by atoms with Gasteiger partial charge in [0.05, 0.1) is 17.6 Å². The quantitative estimate of drug-likeness (QED) is 0.901. The fraction of sp³-hybridized carbons (Fsp3) is 0.650. The molecule has 1 amide bonds. The monoisotopic (exact) mass is 353 g/mol. The summed E-state index contributed by atoms with van der Waals surface area (Å²) >= 11 is 0. The van der Waals surface area contributed by atoms with Crippen LogP contribution in [0.5, 0.6) is 0 Å². The lowest BCUT2D eigenvalue weighted by molar-refractivity contribution is -0.123. The van der Waals surface area contributed by atoms with Crippen LogP contribution in [0.4, 0.5) is 5.69 Å². The van der Waals surface area contributed by atoms with Crippen molar-refractivity contribution in [2.45, 2.75) is 70.3 Å². The van der Waals surface area contributed by atoms with Gasteiger partial charge in [0.2, 0.25) is 5.91 Å². The summed E-state index contributed by atoms with van der Waals surface area (Å²) in [6, 6.07) is 0. The number of hydrogen-bond donors (Lipinski definition) is 1. The topological polar surface area (TPSA) is 66.8 Å². The Kier molecular flexibility index (Phi) is 4.06. The third-order valence-corrected chi connectivity index (χ3v) is 6.51. The van der Waals surface area contributed by atoms with E-state index in [-0.39, 0.29) is 11.8 Å². The maximum absolute atomic E-state index is 13.2. The lowest BCUT2D eigenvalue weighted by Crippen LogP contribution is -2.41. The van der Waals surface area contributed by atoms with Crippen molar-refractivity contribution in [1.82, 2.24) is 19.7 Å². The molecule has 1 atom stereocenters. The third-order valence-electron chi connectivity index (χ3n) is 6.51. The van der Waals surface area contributed by atoms with Gasteiger partial charge in [0.25, 0.3) is 0 Å². The molecule has 138 valence electrons. The number of carbonyl (C=O) groups excluding carboxylic acids is 1. The summed E-state index contributed by atoms with van der Waals surface area (Å²) in [7, 11) is 0. The average Bonchev–Trinajstić information content (AvgIpc) is 3.34. The Bertz CT molecular complexity index is 801. The summed E-state index contributed by atoms with van der Waals surface area (Å²) in [5.41, 5.74) is 3.34. The van der Waals surface area contributed by atoms with E-state index in [1.165, 1.54) is 43.6 Å². The van der Waals surface area contributed by atoms with Crippen molar-refractivity contribution in [3.63, 3.8) is 0 Å². The van der Waals surface area contributed by atoms with Crippen molar-refractivity contribution in [3.8, 4) is 0 Å². The van der Waals surface area contributed by atoms with Crippen molar-refractivity contribution in [2.24, 2.45) is 5.92 Å². The number of rotatable bonds is 2. The molecule has 0 aromatic carbocycles. The second-order valence-corrected chi connectivity index (χ2v) is 8.11. The Morgan fingerprint density at radius 2 is 1.96 bits per heavy atom. The van der Waals surface area contributed by atoms with Gasteiger partial charge in [0.1, 0.15) is 5.82 Å². The zero-order valence-electron chi connectivity index (χ0n) is 15.3. The maximum atomic E-state index is 13.2. The van der Waals surface area contributed by atoms with Crippen LogP contribution in [-0.4, -0.2) is 32.2 Å². The second kappa shape index (κ2) is 6.56. The molecule has 1 aliphatic carbocycles. The maximum Gasteiger partial charge on any atom is 0.230 e. The molecule has 2 aliphatic heterocycles. The summed E-state index contributed by atoms with van der Waals surface area (Å²) in [6.07, 6.45) is 14.2. The zero-order chi connectivity index (χ0) is 17.5. The van der Waals surface area contributed by atoms with Crippen LogP contribution in [0.2, 0.25) is 0 Å². The van der Waals surface area contributed by atoms with Gasteiger partial charge < -0.3 is 9.47 Å². The summed E-state index contributed by atoms with van der Waals surface area (Å²) < 4.78 is 2.42. The van der Waals surface area contributed by atoms with E-state index >= 15 is 0 Å². The van der Waals surface area contributed by atoms with E-state index in [1.54, 1.807) is 6.20 Å². The molecule has 26 heavy (non-hydrogen) atoms. The third kappa shape index (κ3) is 2.66. The molecule has 4 heterocycles. The molecular weight excluding hydrogens is 326 g/mol. The Hall–Kier alpha value is -2.11. The van der Waals surface area contributed by atoms with E-state index in [0.717, 1.165) is 50.2 Å². The molecule has 0 bridgehead atoms. The standard InChI is InChI=1S/C20H27N5O/c26-20(25-9-4-7-17-18(25)13-22-23-17)15-8-10-24-16(11-15)12-21-19(24)14-5-2-1-3-6-14/h12-15H,1-11H2,(H,22,23). The molecule has 2 aromatic heterocycles. The Labute approximate surface area is 154 Å². The predicted octanol–water partition coefficient (Wildman–Crippen LogP) is 3.20. The summed E-state index contributed by atoms with van der Waals surface area (Å²) in [6.45, 7) is 1.75. The van der Waals surface area contributed by atoms with Crippen molar-refractivity contribution in [2.75, 3.05) is 11.4 Å². The van der Waals surface area contributed by atoms with Crippen molar-refractivity contribution < 1.29 is 4.79 Å². The van der Waals surface area contributed by atoms with Gasteiger partial charge in [-0.25, -0.2) is 4.98 Å². The van der Waals surface area contributed by atoms with Crippen LogP contribution in [0.25, 0.3) is 0 Å². The van der Waals surface area contributed by atoms with Gasteiger partial charge in [-0.15, -0.1) is 0 Å². The fourth-order valence-electron chi connectivity index (χ4n) is 5.09. The van der Waals surface area contributed by atoms with E-state index < -0.39 is 0 Å². The van der Waals surface area contributed by atoms with Gasteiger partial charge in [-0.05, 0) is 32.1 Å². The highest BCUT2D eigenvalue weighted by Crippen LogP contribution is 2.35. The van der Waals surface area contributed by atoms with Crippen LogP contribution < -0.4 is 4.90 Å². The largest absolute Gasteiger partial charge is 0.332 e. The Morgan fingerprint density at radius 1 is 1.08 bits per heavy atom. The molecule has 0 radical (unpaired) electrons. The Morgan fingerprint density at radius 3 is 2.85 bits per heavy atom. The molecule has 5 rings (SSSR count). The van der Waals surface area contributed by atoms with Crippen LogP contribution in [0.15, 0.2) is 12.4 Å². The summed E-state index contributed by atoms with van der Waals surface area (Å²) in [4.78, 5) is 19.9. The molecule has 1 unspecified atom stereocenters. The fourth-order valence-corrected chi connectivity index (χ4v) is 5.09. The number of H-pyrrole nitrogens is 1. The number of nitrogens with zero attached hydrogens (tertiary/aromatic N) is 4. The SMILES string of the molecule is O=C(C1CCn2c(cnc2C2CCCCC2)C1)N1CCCc2[nH]ncc21. The lowest BCUT2D eigenvalue weighted by atomic mass is 9.88. The number of anilines is 1. The van der Waals surface area contributed by atoms with E-state index in [0.29, 0.717) is 5.92 Å². The normalized spacial score (nSPS) is 23.5. The number of amides is 1. The number of aromatic amines is 1. The van der Waals surface area contributed by atoms with Crippen LogP contribution in [0, 0.1) is 5.92 Å². The lowest BCUT2D eigenvalue weighted by Gasteiger charge is -2.32. The molecule has 0 spiro atoms. The minimum atomic E-state index is 0.0688. The molecule has 1 saturated carbocycles. The summed E-state index contributed by atoms with van der Waals surface area (Å²) in [5.74, 6) is 2.24. The molecule has 3 aliphatic rings. The highest BCUT2D eigenvalue weighted by Gasteiger charge is 2.34. The van der Waals surface area contributed by atoms with Gasteiger partial charge in [-0.3, -0.25) is 9.89 Å². The highest BCUT2D eigenvalue weighted by molar-refractivity contribution is 5.96. The van der Waals surface area contributed by atoms with Crippen LogP contribution in [-0.2, 0) is 24.2 Å². The minimum absolute atomic E-state index is 0.0688. The first-order valence-electron chi connectivity index (χ1n) is 10.2.